The second-order valence-corrected chi connectivity index (χ2v) is 7.86. The van der Waals surface area contributed by atoms with Gasteiger partial charge in [-0.25, -0.2) is 0 Å². The number of nitro groups is 1. The molecule has 0 saturated heterocycles. The van der Waals surface area contributed by atoms with Crippen molar-refractivity contribution in [3.8, 4) is 0 Å². The molecule has 1 aromatic heterocycles. The van der Waals surface area contributed by atoms with Crippen LogP contribution in [0.5, 0.6) is 0 Å². The van der Waals surface area contributed by atoms with Gasteiger partial charge in [0.1, 0.15) is 4.92 Å². The highest BCUT2D eigenvalue weighted by Gasteiger charge is 2.51. The van der Waals surface area contributed by atoms with E-state index < -0.39 is 4.92 Å². The van der Waals surface area contributed by atoms with Gasteiger partial charge in [-0.3, -0.25) is 15.5 Å². The average Bonchev–Trinajstić information content (AvgIpc) is 2.94. The molecule has 5 rings (SSSR count). The van der Waals surface area contributed by atoms with Crippen molar-refractivity contribution in [2.45, 2.75) is 44.1 Å². The SMILES string of the molecule is O=[N+]([O-])c1ccc(C=NNC(=S)NC23CC4CC(CC(C4)C2)C3)o1. The fourth-order valence-corrected chi connectivity index (χ4v) is 5.47. The molecule has 0 unspecified atom stereocenters. The zero-order chi connectivity index (χ0) is 16.7. The maximum atomic E-state index is 10.6. The second-order valence-electron chi connectivity index (χ2n) is 7.46. The molecule has 4 aliphatic rings. The molecule has 1 heterocycles. The molecule has 4 saturated carbocycles. The van der Waals surface area contributed by atoms with Crippen LogP contribution in [0.3, 0.4) is 0 Å². The first kappa shape index (κ1) is 15.6. The topological polar surface area (TPSA) is 92.7 Å². The van der Waals surface area contributed by atoms with E-state index in [0.717, 1.165) is 17.8 Å². The Hall–Kier alpha value is -1.96. The largest absolute Gasteiger partial charge is 0.433 e. The van der Waals surface area contributed by atoms with Crippen molar-refractivity contribution in [2.24, 2.45) is 22.9 Å². The van der Waals surface area contributed by atoms with E-state index in [-0.39, 0.29) is 11.4 Å². The maximum absolute atomic E-state index is 10.6. The molecule has 4 fully saturated rings. The van der Waals surface area contributed by atoms with Crippen molar-refractivity contribution < 1.29 is 9.34 Å². The van der Waals surface area contributed by atoms with Crippen LogP contribution in [0.1, 0.15) is 44.3 Å². The summed E-state index contributed by atoms with van der Waals surface area (Å²) in [6.07, 6.45) is 9.16. The highest BCUT2D eigenvalue weighted by Crippen LogP contribution is 2.55. The van der Waals surface area contributed by atoms with E-state index in [4.69, 9.17) is 16.6 Å². The van der Waals surface area contributed by atoms with E-state index in [1.165, 1.54) is 56.9 Å². The van der Waals surface area contributed by atoms with Crippen molar-refractivity contribution in [1.82, 2.24) is 10.7 Å². The Kier molecular flexibility index (Phi) is 3.79. The summed E-state index contributed by atoms with van der Waals surface area (Å²) in [6, 6.07) is 2.80. The summed E-state index contributed by atoms with van der Waals surface area (Å²) in [7, 11) is 0. The fourth-order valence-electron chi connectivity index (χ4n) is 5.20. The van der Waals surface area contributed by atoms with Crippen LogP contribution in [0.4, 0.5) is 5.88 Å². The molecule has 2 N–H and O–H groups in total. The molecule has 0 atom stereocenters. The standard InChI is InChI=1S/C16H20N4O3S/c21-20(22)14-2-1-13(23-14)9-17-19-15(24)18-16-6-10-3-11(7-16)5-12(4-10)8-16/h1-2,9-12H,3-8H2,(H2,18,19,24). The number of rotatable bonds is 4. The minimum absolute atomic E-state index is 0.137. The van der Waals surface area contributed by atoms with Crippen molar-refractivity contribution in [1.29, 1.82) is 0 Å². The summed E-state index contributed by atoms with van der Waals surface area (Å²) in [6.45, 7) is 0. The zero-order valence-corrected chi connectivity index (χ0v) is 14.1. The molecular formula is C16H20N4O3S. The highest BCUT2D eigenvalue weighted by molar-refractivity contribution is 7.80. The van der Waals surface area contributed by atoms with Gasteiger partial charge in [0.25, 0.3) is 0 Å². The van der Waals surface area contributed by atoms with Crippen LogP contribution in [0.15, 0.2) is 21.7 Å². The van der Waals surface area contributed by atoms with Crippen molar-refractivity contribution in [3.05, 3.63) is 28.0 Å². The minimum atomic E-state index is -0.579. The maximum Gasteiger partial charge on any atom is 0.433 e. The van der Waals surface area contributed by atoms with E-state index >= 15 is 0 Å². The Balaban J connectivity index is 1.33. The van der Waals surface area contributed by atoms with Gasteiger partial charge < -0.3 is 9.73 Å². The molecule has 0 spiro atoms. The minimum Gasteiger partial charge on any atom is -0.400 e. The fraction of sp³-hybridized carbons (Fsp3) is 0.625. The van der Waals surface area contributed by atoms with E-state index in [2.05, 4.69) is 15.8 Å². The molecule has 0 radical (unpaired) electrons. The Morgan fingerprint density at radius 1 is 1.29 bits per heavy atom. The first-order valence-electron chi connectivity index (χ1n) is 8.37. The molecule has 0 amide bonds. The third kappa shape index (κ3) is 3.02. The molecule has 128 valence electrons. The van der Waals surface area contributed by atoms with Crippen LogP contribution in [0.25, 0.3) is 0 Å². The quantitative estimate of drug-likeness (QED) is 0.376. The van der Waals surface area contributed by atoms with Gasteiger partial charge in [-0.15, -0.1) is 0 Å². The van der Waals surface area contributed by atoms with Gasteiger partial charge in [-0.1, -0.05) is 0 Å². The number of furan rings is 1. The summed E-state index contributed by atoms with van der Waals surface area (Å²) in [5.74, 6) is 2.55. The summed E-state index contributed by atoms with van der Waals surface area (Å²) in [5.41, 5.74) is 2.94. The lowest BCUT2D eigenvalue weighted by atomic mass is 9.53. The number of nitrogens with one attached hydrogen (secondary N) is 2. The third-order valence-corrected chi connectivity index (χ3v) is 5.76. The van der Waals surface area contributed by atoms with Crippen LogP contribution in [-0.2, 0) is 0 Å². The Morgan fingerprint density at radius 2 is 1.92 bits per heavy atom. The van der Waals surface area contributed by atoms with Gasteiger partial charge in [-0.2, -0.15) is 5.10 Å². The van der Waals surface area contributed by atoms with Crippen LogP contribution in [-0.4, -0.2) is 21.8 Å². The van der Waals surface area contributed by atoms with Crippen molar-refractivity contribution in [3.63, 3.8) is 0 Å². The molecule has 24 heavy (non-hydrogen) atoms. The van der Waals surface area contributed by atoms with Gasteiger partial charge in [0, 0.05) is 5.54 Å². The van der Waals surface area contributed by atoms with Gasteiger partial charge in [0.15, 0.2) is 10.9 Å². The second kappa shape index (κ2) is 5.84. The number of hydrazone groups is 1. The summed E-state index contributed by atoms with van der Waals surface area (Å²) < 4.78 is 5.01. The molecule has 8 heteroatoms. The molecule has 4 bridgehead atoms. The van der Waals surface area contributed by atoms with E-state index in [9.17, 15) is 10.1 Å². The molecule has 0 aromatic carbocycles. The number of hydrogen-bond acceptors (Lipinski definition) is 5. The molecule has 1 aromatic rings. The predicted octanol–water partition coefficient (Wildman–Crippen LogP) is 2.95. The summed E-state index contributed by atoms with van der Waals surface area (Å²) >= 11 is 5.38. The van der Waals surface area contributed by atoms with Gasteiger partial charge in [0.05, 0.1) is 12.3 Å². The first-order chi connectivity index (χ1) is 11.5. The van der Waals surface area contributed by atoms with Gasteiger partial charge >= 0.3 is 5.88 Å². The average molecular weight is 348 g/mol. The first-order valence-corrected chi connectivity index (χ1v) is 8.78. The lowest BCUT2D eigenvalue weighted by molar-refractivity contribution is -0.402. The summed E-state index contributed by atoms with van der Waals surface area (Å²) in [4.78, 5) is 9.99. The van der Waals surface area contributed by atoms with E-state index in [1.54, 1.807) is 0 Å². The Bertz CT molecular complexity index is 664. The molecule has 0 aliphatic heterocycles. The predicted molar refractivity (Wildman–Crippen MR) is 92.7 cm³/mol. The number of nitrogens with zero attached hydrogens (tertiary/aromatic N) is 2. The smallest absolute Gasteiger partial charge is 0.400 e. The van der Waals surface area contributed by atoms with Crippen LogP contribution >= 0.6 is 12.2 Å². The van der Waals surface area contributed by atoms with Gasteiger partial charge in [-0.05, 0) is 74.6 Å². The Labute approximate surface area is 145 Å². The zero-order valence-electron chi connectivity index (χ0n) is 13.2. The Morgan fingerprint density at radius 3 is 2.46 bits per heavy atom. The third-order valence-electron chi connectivity index (χ3n) is 5.57. The highest BCUT2D eigenvalue weighted by atomic mass is 32.1. The van der Waals surface area contributed by atoms with E-state index in [0.29, 0.717) is 10.9 Å². The van der Waals surface area contributed by atoms with Gasteiger partial charge in [0.2, 0.25) is 0 Å². The lowest BCUT2D eigenvalue weighted by Gasteiger charge is -2.57. The molecule has 7 nitrogen and oxygen atoms in total. The number of hydrogen-bond donors (Lipinski definition) is 2. The molecular weight excluding hydrogens is 328 g/mol. The monoisotopic (exact) mass is 348 g/mol. The normalized spacial score (nSPS) is 33.8. The van der Waals surface area contributed by atoms with Crippen molar-refractivity contribution in [2.75, 3.05) is 0 Å². The lowest BCUT2D eigenvalue weighted by Crippen LogP contribution is -2.61. The van der Waals surface area contributed by atoms with Crippen LogP contribution in [0, 0.1) is 27.9 Å². The van der Waals surface area contributed by atoms with Crippen LogP contribution < -0.4 is 10.7 Å². The van der Waals surface area contributed by atoms with E-state index in [1.807, 2.05) is 0 Å². The summed E-state index contributed by atoms with van der Waals surface area (Å²) in [5, 5.41) is 18.6. The van der Waals surface area contributed by atoms with Crippen LogP contribution in [0.2, 0.25) is 0 Å². The molecule has 4 aliphatic carbocycles. The number of thiocarbonyl (C=S) groups is 1. The van der Waals surface area contributed by atoms with Crippen molar-refractivity contribution >= 4 is 29.4 Å².